The second-order valence-corrected chi connectivity index (χ2v) is 11.0. The van der Waals surface area contributed by atoms with Gasteiger partial charge in [0.05, 0.1) is 5.02 Å². The van der Waals surface area contributed by atoms with Gasteiger partial charge in [-0.1, -0.05) is 29.8 Å². The predicted octanol–water partition coefficient (Wildman–Crippen LogP) is 6.90. The zero-order valence-corrected chi connectivity index (χ0v) is 20.4. The van der Waals surface area contributed by atoms with E-state index in [0.717, 1.165) is 29.0 Å². The topological polar surface area (TPSA) is 50.4 Å². The van der Waals surface area contributed by atoms with Gasteiger partial charge < -0.3 is 15.4 Å². The molecule has 1 aliphatic heterocycles. The van der Waals surface area contributed by atoms with E-state index >= 15 is 0 Å². The summed E-state index contributed by atoms with van der Waals surface area (Å²) in [6, 6.07) is 17.3. The lowest BCUT2D eigenvalue weighted by molar-refractivity contribution is 0.0873. The highest BCUT2D eigenvalue weighted by Gasteiger charge is 2.38. The molecule has 1 fully saturated rings. The molecule has 0 saturated carbocycles. The summed E-state index contributed by atoms with van der Waals surface area (Å²) in [5, 5.41) is 9.28. The molecule has 4 rings (SSSR count). The Labute approximate surface area is 199 Å². The van der Waals surface area contributed by atoms with E-state index in [1.165, 1.54) is 0 Å². The zero-order valence-electron chi connectivity index (χ0n) is 18.9. The number of para-hydroxylation sites is 1. The normalized spacial score (nSPS) is 17.7. The van der Waals surface area contributed by atoms with Gasteiger partial charge in [0, 0.05) is 33.1 Å². The fourth-order valence-corrected chi connectivity index (χ4v) is 5.70. The molecule has 0 bridgehead atoms. The third kappa shape index (κ3) is 5.34. The Balaban J connectivity index is 1.49. The number of hydrogen-bond acceptors (Lipinski definition) is 4. The van der Waals surface area contributed by atoms with E-state index in [1.54, 1.807) is 29.5 Å². The maximum Gasteiger partial charge on any atom is 0.251 e. The summed E-state index contributed by atoms with van der Waals surface area (Å²) in [7, 11) is 0. The number of rotatable bonds is 5. The lowest BCUT2D eigenvalue weighted by Crippen LogP contribution is -2.62. The number of piperidine rings is 1. The summed E-state index contributed by atoms with van der Waals surface area (Å²) in [6.07, 6.45) is 1.74. The van der Waals surface area contributed by atoms with Crippen LogP contribution in [0, 0.1) is 0 Å². The van der Waals surface area contributed by atoms with Crippen LogP contribution in [-0.2, 0) is 0 Å². The van der Waals surface area contributed by atoms with Gasteiger partial charge >= 0.3 is 0 Å². The average Bonchev–Trinajstić information content (AvgIpc) is 3.22. The van der Waals surface area contributed by atoms with Crippen molar-refractivity contribution in [2.75, 3.05) is 0 Å². The van der Waals surface area contributed by atoms with Crippen LogP contribution in [0.1, 0.15) is 50.9 Å². The van der Waals surface area contributed by atoms with Crippen molar-refractivity contribution in [3.8, 4) is 21.9 Å². The Morgan fingerprint density at radius 1 is 1.03 bits per heavy atom. The van der Waals surface area contributed by atoms with Crippen LogP contribution in [0.3, 0.4) is 0 Å². The van der Waals surface area contributed by atoms with Gasteiger partial charge in [0.1, 0.15) is 11.5 Å². The minimum atomic E-state index is -0.115. The number of amides is 1. The molecule has 2 aromatic carbocycles. The summed E-state index contributed by atoms with van der Waals surface area (Å²) in [4.78, 5) is 14.1. The highest BCUT2D eigenvalue weighted by molar-refractivity contribution is 7.13. The average molecular weight is 469 g/mol. The molecule has 2 heterocycles. The zero-order chi connectivity index (χ0) is 22.9. The van der Waals surface area contributed by atoms with E-state index in [-0.39, 0.29) is 23.0 Å². The fourth-order valence-electron chi connectivity index (χ4n) is 4.73. The van der Waals surface area contributed by atoms with Crippen LogP contribution in [0.2, 0.25) is 5.02 Å². The molecular formula is C26H29ClN2O2S. The highest BCUT2D eigenvalue weighted by atomic mass is 35.5. The van der Waals surface area contributed by atoms with E-state index in [9.17, 15) is 4.79 Å². The molecule has 0 radical (unpaired) electrons. The molecule has 0 aliphatic carbocycles. The molecule has 3 aromatic rings. The number of nitrogens with one attached hydrogen (secondary N) is 2. The van der Waals surface area contributed by atoms with Crippen molar-refractivity contribution >= 4 is 28.8 Å². The van der Waals surface area contributed by atoms with Gasteiger partial charge in [-0.25, -0.2) is 0 Å². The molecule has 1 aliphatic rings. The van der Waals surface area contributed by atoms with E-state index in [4.69, 9.17) is 16.3 Å². The van der Waals surface area contributed by atoms with Gasteiger partial charge in [0.15, 0.2) is 0 Å². The third-order valence-corrected chi connectivity index (χ3v) is 6.81. The molecule has 32 heavy (non-hydrogen) atoms. The third-order valence-electron chi connectivity index (χ3n) is 5.61. The van der Waals surface area contributed by atoms with Crippen LogP contribution in [0.4, 0.5) is 0 Å². The van der Waals surface area contributed by atoms with Crippen LogP contribution in [0.5, 0.6) is 11.5 Å². The summed E-state index contributed by atoms with van der Waals surface area (Å²) in [6.45, 7) is 8.68. The first kappa shape index (κ1) is 22.8. The first-order chi connectivity index (χ1) is 15.1. The van der Waals surface area contributed by atoms with Crippen LogP contribution in [-0.4, -0.2) is 23.0 Å². The Hall–Kier alpha value is -2.34. The molecule has 0 spiro atoms. The Morgan fingerprint density at radius 3 is 2.41 bits per heavy atom. The summed E-state index contributed by atoms with van der Waals surface area (Å²) < 4.78 is 6.14. The van der Waals surface area contributed by atoms with Gasteiger partial charge in [-0.05, 0) is 82.3 Å². The van der Waals surface area contributed by atoms with Crippen molar-refractivity contribution in [2.24, 2.45) is 0 Å². The van der Waals surface area contributed by atoms with Crippen molar-refractivity contribution < 1.29 is 9.53 Å². The quantitative estimate of drug-likeness (QED) is 0.428. The number of halogens is 1. The first-order valence-electron chi connectivity index (χ1n) is 10.8. The van der Waals surface area contributed by atoms with Gasteiger partial charge in [-0.2, -0.15) is 0 Å². The van der Waals surface area contributed by atoms with Crippen LogP contribution in [0.15, 0.2) is 60.0 Å². The molecule has 2 N–H and O–H groups in total. The molecular weight excluding hydrogens is 440 g/mol. The Morgan fingerprint density at radius 2 is 1.75 bits per heavy atom. The van der Waals surface area contributed by atoms with E-state index in [0.29, 0.717) is 16.3 Å². The molecule has 4 nitrogen and oxygen atoms in total. The largest absolute Gasteiger partial charge is 0.455 e. The van der Waals surface area contributed by atoms with Crippen molar-refractivity contribution in [3.05, 3.63) is 70.6 Å². The molecule has 1 saturated heterocycles. The Kier molecular flexibility index (Phi) is 6.35. The van der Waals surface area contributed by atoms with Gasteiger partial charge in [0.25, 0.3) is 5.91 Å². The lowest BCUT2D eigenvalue weighted by atomic mass is 9.79. The lowest BCUT2D eigenvalue weighted by Gasteiger charge is -2.46. The van der Waals surface area contributed by atoms with Crippen molar-refractivity contribution in [2.45, 2.75) is 57.7 Å². The molecule has 0 atom stereocenters. The monoisotopic (exact) mass is 468 g/mol. The van der Waals surface area contributed by atoms with Gasteiger partial charge in [-0.3, -0.25) is 4.79 Å². The fraction of sp³-hybridized carbons (Fsp3) is 0.346. The number of carbonyl (C=O) groups is 1. The number of hydrogen-bond donors (Lipinski definition) is 2. The number of benzene rings is 2. The summed E-state index contributed by atoms with van der Waals surface area (Å²) >= 11 is 8.18. The Bertz CT molecular complexity index is 1090. The number of thiophene rings is 1. The van der Waals surface area contributed by atoms with E-state index < -0.39 is 0 Å². The molecule has 168 valence electrons. The van der Waals surface area contributed by atoms with Gasteiger partial charge in [0.2, 0.25) is 0 Å². The minimum Gasteiger partial charge on any atom is -0.455 e. The minimum absolute atomic E-state index is 0.0367. The second-order valence-electron chi connectivity index (χ2n) is 9.69. The summed E-state index contributed by atoms with van der Waals surface area (Å²) in [5.41, 5.74) is 1.47. The van der Waals surface area contributed by atoms with Crippen LogP contribution >= 0.6 is 22.9 Å². The standard InChI is InChI=1S/C26H29ClN2O2S/c1-25(2)15-18(16-26(3,4)29-25)28-24(30)17-11-12-22(20(27)14-17)31-21-9-6-5-8-19(21)23-10-7-13-32-23/h5-14,18,29H,15-16H2,1-4H3,(H,28,30). The first-order valence-corrected chi connectivity index (χ1v) is 12.1. The molecule has 0 unspecified atom stereocenters. The van der Waals surface area contributed by atoms with E-state index in [1.807, 2.05) is 35.7 Å². The van der Waals surface area contributed by atoms with Crippen molar-refractivity contribution in [1.29, 1.82) is 0 Å². The predicted molar refractivity (Wildman–Crippen MR) is 133 cm³/mol. The maximum absolute atomic E-state index is 12.9. The highest BCUT2D eigenvalue weighted by Crippen LogP contribution is 2.38. The SMILES string of the molecule is CC1(C)CC(NC(=O)c2ccc(Oc3ccccc3-c3cccs3)c(Cl)c2)CC(C)(C)N1. The molecule has 6 heteroatoms. The summed E-state index contributed by atoms with van der Waals surface area (Å²) in [5.74, 6) is 1.14. The van der Waals surface area contributed by atoms with Crippen molar-refractivity contribution in [3.63, 3.8) is 0 Å². The number of carbonyl (C=O) groups excluding carboxylic acids is 1. The maximum atomic E-state index is 12.9. The van der Waals surface area contributed by atoms with Crippen LogP contribution < -0.4 is 15.4 Å². The second kappa shape index (κ2) is 8.89. The smallest absolute Gasteiger partial charge is 0.251 e. The van der Waals surface area contributed by atoms with Gasteiger partial charge in [-0.15, -0.1) is 11.3 Å². The molecule has 1 amide bonds. The molecule has 1 aromatic heterocycles. The van der Waals surface area contributed by atoms with E-state index in [2.05, 4.69) is 44.4 Å². The number of ether oxygens (including phenoxy) is 1. The van der Waals surface area contributed by atoms with Crippen LogP contribution in [0.25, 0.3) is 10.4 Å². The van der Waals surface area contributed by atoms with Crippen molar-refractivity contribution in [1.82, 2.24) is 10.6 Å².